The molecule has 1 aromatic carbocycles. The fourth-order valence-electron chi connectivity index (χ4n) is 2.91. The van der Waals surface area contributed by atoms with Crippen molar-refractivity contribution in [1.29, 1.82) is 0 Å². The molecule has 0 aliphatic rings. The Kier molecular flexibility index (Phi) is 6.57. The fourth-order valence-corrected chi connectivity index (χ4v) is 4.22. The lowest BCUT2D eigenvalue weighted by Gasteiger charge is -2.17. The van der Waals surface area contributed by atoms with Crippen LogP contribution in [-0.4, -0.2) is 27.6 Å². The minimum atomic E-state index is -0.00117. The van der Waals surface area contributed by atoms with Gasteiger partial charge < -0.3 is 9.64 Å². The van der Waals surface area contributed by atoms with Gasteiger partial charge in [0.2, 0.25) is 0 Å². The van der Waals surface area contributed by atoms with Crippen LogP contribution >= 0.6 is 27.3 Å². The summed E-state index contributed by atoms with van der Waals surface area (Å²) in [6.07, 6.45) is 1.77. The molecule has 0 aliphatic heterocycles. The van der Waals surface area contributed by atoms with Crippen LogP contribution in [0.15, 0.2) is 40.3 Å². The normalized spacial score (nSPS) is 10.9. The summed E-state index contributed by atoms with van der Waals surface area (Å²) in [5.74, 6) is 0.882. The van der Waals surface area contributed by atoms with Gasteiger partial charge in [0.15, 0.2) is 0 Å². The van der Waals surface area contributed by atoms with E-state index in [1.165, 1.54) is 16.9 Å². The monoisotopic (exact) mass is 461 g/mol. The number of ether oxygens (including phenoxy) is 1. The molecule has 7 heteroatoms. The number of carbonyl (C=O) groups is 1. The van der Waals surface area contributed by atoms with Gasteiger partial charge in [-0.15, -0.1) is 11.3 Å². The summed E-state index contributed by atoms with van der Waals surface area (Å²) in [5, 5.41) is 6.29. The second kappa shape index (κ2) is 8.92. The van der Waals surface area contributed by atoms with Gasteiger partial charge in [0.1, 0.15) is 12.4 Å². The highest BCUT2D eigenvalue weighted by Gasteiger charge is 2.18. The van der Waals surface area contributed by atoms with Gasteiger partial charge in [-0.2, -0.15) is 5.10 Å². The van der Waals surface area contributed by atoms with Crippen LogP contribution < -0.4 is 4.74 Å². The summed E-state index contributed by atoms with van der Waals surface area (Å²) in [6.45, 7) is 7.88. The Labute approximate surface area is 178 Å². The van der Waals surface area contributed by atoms with Gasteiger partial charge in [0.05, 0.1) is 27.8 Å². The third-order valence-electron chi connectivity index (χ3n) is 4.74. The lowest BCUT2D eigenvalue weighted by Crippen LogP contribution is -2.27. The summed E-state index contributed by atoms with van der Waals surface area (Å²) in [5.41, 5.74) is 4.35. The minimum absolute atomic E-state index is 0.00117. The summed E-state index contributed by atoms with van der Waals surface area (Å²) in [6, 6.07) is 7.96. The molecule has 0 radical (unpaired) electrons. The maximum atomic E-state index is 12.8. The average Bonchev–Trinajstić information content (AvgIpc) is 3.29. The molecule has 0 fully saturated rings. The maximum Gasteiger partial charge on any atom is 0.264 e. The van der Waals surface area contributed by atoms with Crippen molar-refractivity contribution in [2.75, 3.05) is 7.05 Å². The molecule has 0 atom stereocenters. The zero-order valence-corrected chi connectivity index (χ0v) is 18.9. The Morgan fingerprint density at radius 1 is 1.36 bits per heavy atom. The number of hydrogen-bond acceptors (Lipinski definition) is 4. The van der Waals surface area contributed by atoms with Crippen LogP contribution in [-0.2, 0) is 19.7 Å². The molecule has 0 N–H and O–H groups in total. The van der Waals surface area contributed by atoms with Crippen molar-refractivity contribution in [3.8, 4) is 5.75 Å². The van der Waals surface area contributed by atoms with Crippen LogP contribution in [0.25, 0.3) is 0 Å². The van der Waals surface area contributed by atoms with Crippen molar-refractivity contribution in [1.82, 2.24) is 14.7 Å². The van der Waals surface area contributed by atoms with Gasteiger partial charge >= 0.3 is 0 Å². The predicted octanol–water partition coefficient (Wildman–Crippen LogP) is 5.20. The van der Waals surface area contributed by atoms with E-state index in [2.05, 4.69) is 40.9 Å². The molecule has 0 spiro atoms. The first-order chi connectivity index (χ1) is 13.4. The van der Waals surface area contributed by atoms with Crippen LogP contribution in [0.5, 0.6) is 5.75 Å². The van der Waals surface area contributed by atoms with Gasteiger partial charge in [0.25, 0.3) is 5.91 Å². The molecule has 2 heterocycles. The van der Waals surface area contributed by atoms with Gasteiger partial charge in [-0.1, -0.05) is 12.1 Å². The molecular weight excluding hydrogens is 438 g/mol. The molecular formula is C21H24BrN3O2S. The molecule has 3 aromatic rings. The third kappa shape index (κ3) is 4.47. The van der Waals surface area contributed by atoms with Crippen LogP contribution in [0.2, 0.25) is 0 Å². The average molecular weight is 462 g/mol. The second-order valence-electron chi connectivity index (χ2n) is 6.72. The van der Waals surface area contributed by atoms with E-state index in [1.807, 2.05) is 42.2 Å². The number of amides is 1. The van der Waals surface area contributed by atoms with Crippen LogP contribution in [0, 0.1) is 13.8 Å². The molecule has 28 heavy (non-hydrogen) atoms. The number of nitrogens with zero attached hydrogens (tertiary/aromatic N) is 3. The quantitative estimate of drug-likeness (QED) is 0.485. The van der Waals surface area contributed by atoms with E-state index >= 15 is 0 Å². The van der Waals surface area contributed by atoms with Gasteiger partial charge in [-0.25, -0.2) is 0 Å². The number of aryl methyl sites for hydroxylation is 2. The first-order valence-corrected chi connectivity index (χ1v) is 10.8. The molecule has 0 bridgehead atoms. The smallest absolute Gasteiger partial charge is 0.264 e. The summed E-state index contributed by atoms with van der Waals surface area (Å²) >= 11 is 4.96. The van der Waals surface area contributed by atoms with Crippen molar-refractivity contribution in [2.45, 2.75) is 40.5 Å². The highest BCUT2D eigenvalue weighted by Crippen LogP contribution is 2.24. The fraction of sp³-hybridized carbons (Fsp3) is 0.333. The third-order valence-corrected chi connectivity index (χ3v) is 6.37. The molecule has 5 nitrogen and oxygen atoms in total. The zero-order valence-electron chi connectivity index (χ0n) is 16.5. The molecule has 3 rings (SSSR count). The Bertz CT molecular complexity index is 980. The lowest BCUT2D eigenvalue weighted by molar-refractivity contribution is 0.0786. The Balaban J connectivity index is 1.65. The van der Waals surface area contributed by atoms with Crippen LogP contribution in [0.3, 0.4) is 0 Å². The maximum absolute atomic E-state index is 12.8. The van der Waals surface area contributed by atoms with Gasteiger partial charge in [-0.05, 0) is 65.3 Å². The highest BCUT2D eigenvalue weighted by atomic mass is 79.9. The molecule has 148 valence electrons. The predicted molar refractivity (Wildman–Crippen MR) is 116 cm³/mol. The van der Waals surface area contributed by atoms with Crippen molar-refractivity contribution < 1.29 is 9.53 Å². The van der Waals surface area contributed by atoms with E-state index in [-0.39, 0.29) is 5.91 Å². The summed E-state index contributed by atoms with van der Waals surface area (Å²) < 4.78 is 8.77. The van der Waals surface area contributed by atoms with E-state index < -0.39 is 0 Å². The van der Waals surface area contributed by atoms with Crippen molar-refractivity contribution in [3.63, 3.8) is 0 Å². The molecule has 0 saturated carbocycles. The Morgan fingerprint density at radius 3 is 2.89 bits per heavy atom. The first kappa shape index (κ1) is 20.6. The van der Waals surface area contributed by atoms with E-state index in [0.29, 0.717) is 18.0 Å². The lowest BCUT2D eigenvalue weighted by atomic mass is 10.1. The summed E-state index contributed by atoms with van der Waals surface area (Å²) in [4.78, 5) is 15.2. The number of halogens is 1. The topological polar surface area (TPSA) is 47.4 Å². The number of aromatic nitrogens is 2. The SMILES string of the molecule is CCn1ncc(Br)c1CN(C)C(=O)c1cc(COc2cccc(C)c2C)cs1. The van der Waals surface area contributed by atoms with Gasteiger partial charge in [0, 0.05) is 19.2 Å². The molecule has 2 aromatic heterocycles. The second-order valence-corrected chi connectivity index (χ2v) is 8.49. The Hall–Kier alpha value is -2.12. The zero-order chi connectivity index (χ0) is 20.3. The molecule has 0 aliphatic carbocycles. The number of hydrogen-bond donors (Lipinski definition) is 0. The van der Waals surface area contributed by atoms with Crippen molar-refractivity contribution in [2.24, 2.45) is 0 Å². The van der Waals surface area contributed by atoms with E-state index in [4.69, 9.17) is 4.74 Å². The minimum Gasteiger partial charge on any atom is -0.489 e. The van der Waals surface area contributed by atoms with Crippen LogP contribution in [0.4, 0.5) is 0 Å². The molecule has 1 amide bonds. The van der Waals surface area contributed by atoms with E-state index in [0.717, 1.165) is 33.6 Å². The number of rotatable bonds is 7. The largest absolute Gasteiger partial charge is 0.489 e. The number of thiophene rings is 1. The van der Waals surface area contributed by atoms with Crippen LogP contribution in [0.1, 0.15) is 39.0 Å². The summed E-state index contributed by atoms with van der Waals surface area (Å²) in [7, 11) is 1.81. The highest BCUT2D eigenvalue weighted by molar-refractivity contribution is 9.10. The standard InChI is InChI=1S/C21H24BrN3O2S/c1-5-25-18(17(22)10-23-25)11-24(4)21(26)20-9-16(13-28-20)12-27-19-8-6-7-14(2)15(19)3/h6-10,13H,5,11-12H2,1-4H3. The Morgan fingerprint density at radius 2 is 2.14 bits per heavy atom. The van der Waals surface area contributed by atoms with Gasteiger partial charge in [-0.3, -0.25) is 9.48 Å². The van der Waals surface area contributed by atoms with E-state index in [1.54, 1.807) is 11.1 Å². The molecule has 0 saturated heterocycles. The van der Waals surface area contributed by atoms with Crippen molar-refractivity contribution in [3.05, 3.63) is 67.6 Å². The number of benzene rings is 1. The van der Waals surface area contributed by atoms with E-state index in [9.17, 15) is 4.79 Å². The number of carbonyl (C=O) groups excluding carboxylic acids is 1. The first-order valence-electron chi connectivity index (χ1n) is 9.12. The molecule has 0 unspecified atom stereocenters. The van der Waals surface area contributed by atoms with Crippen molar-refractivity contribution >= 4 is 33.2 Å².